The van der Waals surface area contributed by atoms with E-state index in [0.29, 0.717) is 35.8 Å². The molecule has 10 nitrogen and oxygen atoms in total. The highest BCUT2D eigenvalue weighted by molar-refractivity contribution is 6.40. The first kappa shape index (κ1) is 31.1. The summed E-state index contributed by atoms with van der Waals surface area (Å²) in [4.78, 5) is 31.9. The topological polar surface area (TPSA) is 100 Å². The molecule has 248 valence electrons. The Morgan fingerprint density at radius 1 is 0.979 bits per heavy atom. The number of likely N-dealkylation sites (N-methyl/N-ethyl adjacent to an activating group) is 1. The van der Waals surface area contributed by atoms with Crippen LogP contribution in [-0.2, 0) is 24.4 Å². The molecule has 48 heavy (non-hydrogen) atoms. The van der Waals surface area contributed by atoms with Gasteiger partial charge in [-0.2, -0.15) is 5.10 Å². The number of anilines is 1. The summed E-state index contributed by atoms with van der Waals surface area (Å²) in [5.41, 5.74) is 4.69. The molecule has 0 spiro atoms. The van der Waals surface area contributed by atoms with E-state index in [1.54, 1.807) is 36.5 Å². The van der Waals surface area contributed by atoms with Gasteiger partial charge in [0.2, 0.25) is 0 Å². The van der Waals surface area contributed by atoms with Crippen LogP contribution < -0.4 is 9.64 Å². The van der Waals surface area contributed by atoms with E-state index in [9.17, 15) is 14.7 Å². The molecule has 2 bridgehead atoms. The molecule has 0 aliphatic carbocycles. The van der Waals surface area contributed by atoms with E-state index < -0.39 is 17.7 Å². The van der Waals surface area contributed by atoms with Crippen molar-refractivity contribution in [3.8, 4) is 28.0 Å². The molecule has 1 amide bonds. The van der Waals surface area contributed by atoms with E-state index in [4.69, 9.17) is 32.7 Å². The van der Waals surface area contributed by atoms with E-state index in [2.05, 4.69) is 21.9 Å². The number of fused-ring (bicyclic) bond motifs is 4. The lowest BCUT2D eigenvalue weighted by molar-refractivity contribution is 0.0516. The monoisotopic (exact) mass is 691 g/mol. The molecule has 0 saturated carbocycles. The summed E-state index contributed by atoms with van der Waals surface area (Å²) in [6.45, 7) is 3.49. The molecule has 2 atom stereocenters. The van der Waals surface area contributed by atoms with Gasteiger partial charge < -0.3 is 24.4 Å². The number of benzene rings is 3. The zero-order valence-corrected chi connectivity index (χ0v) is 27.6. The largest absolute Gasteiger partial charge is 0.478 e. The van der Waals surface area contributed by atoms with Crippen LogP contribution in [0.5, 0.6) is 5.75 Å². The van der Waals surface area contributed by atoms with Crippen molar-refractivity contribution in [2.24, 2.45) is 0 Å². The van der Waals surface area contributed by atoms with Crippen molar-refractivity contribution in [1.29, 1.82) is 0 Å². The maximum absolute atomic E-state index is 15.7. The number of ether oxygens (including phenoxy) is 2. The van der Waals surface area contributed by atoms with Gasteiger partial charge in [-0.1, -0.05) is 41.4 Å². The third-order valence-electron chi connectivity index (χ3n) is 9.86. The Kier molecular flexibility index (Phi) is 7.82. The van der Waals surface area contributed by atoms with Gasteiger partial charge in [0, 0.05) is 35.3 Å². The normalized spacial score (nSPS) is 20.3. The predicted molar refractivity (Wildman–Crippen MR) is 178 cm³/mol. The average Bonchev–Trinajstić information content (AvgIpc) is 3.59. The highest BCUT2D eigenvalue weighted by Crippen LogP contribution is 2.43. The zero-order valence-electron chi connectivity index (χ0n) is 26.1. The Hall–Kier alpha value is -4.16. The molecule has 4 aliphatic heterocycles. The number of carbonyl (C=O) groups excluding carboxylic acids is 1. The molecule has 2 saturated heterocycles. The molecule has 0 radical (unpaired) electrons. The maximum atomic E-state index is 15.7. The minimum Gasteiger partial charge on any atom is -0.478 e. The SMILES string of the molecule is CN1CCn2ncc(-c3cc(Cl)c(C(=O)N4COc5c(cccc5-c5cc(N6C7CCC6COC7)c(C(=O)O)cc5F)C4)c(Cl)c3)c2C1. The summed E-state index contributed by atoms with van der Waals surface area (Å²) in [5.74, 6) is -1.82. The summed E-state index contributed by atoms with van der Waals surface area (Å²) in [7, 11) is 2.06. The van der Waals surface area contributed by atoms with Gasteiger partial charge in [0.25, 0.3) is 5.91 Å². The van der Waals surface area contributed by atoms with Gasteiger partial charge in [0.1, 0.15) is 11.6 Å². The predicted octanol–water partition coefficient (Wildman–Crippen LogP) is 6.17. The number of morpholine rings is 1. The lowest BCUT2D eigenvalue weighted by atomic mass is 9.96. The second-order valence-corrected chi connectivity index (χ2v) is 13.6. The van der Waals surface area contributed by atoms with Crippen molar-refractivity contribution in [3.63, 3.8) is 0 Å². The number of carbonyl (C=O) groups is 2. The number of amides is 1. The van der Waals surface area contributed by atoms with Crippen LogP contribution in [0.3, 0.4) is 0 Å². The summed E-state index contributed by atoms with van der Waals surface area (Å²) < 4.78 is 29.6. The van der Waals surface area contributed by atoms with E-state index >= 15 is 4.39 Å². The van der Waals surface area contributed by atoms with Gasteiger partial charge in [-0.25, -0.2) is 9.18 Å². The van der Waals surface area contributed by atoms with E-state index in [0.717, 1.165) is 55.4 Å². The molecule has 5 heterocycles. The fourth-order valence-corrected chi connectivity index (χ4v) is 8.14. The molecular formula is C35H32Cl2FN5O5. The number of rotatable bonds is 5. The standard InChI is InChI=1S/C35H32Cl2FN5O5/c1-40-7-8-42-31(15-40)26(13-39-42)20-9-27(36)32(28(37)10-20)34(44)41-14-19-3-2-4-23(33(19)48-18-41)24-12-30(25(35(45)46)11-29(24)38)43-21-5-6-22(43)17-47-16-21/h2-4,9-13,21-22H,5-8,14-18H2,1H3,(H,45,46). The highest BCUT2D eigenvalue weighted by atomic mass is 35.5. The van der Waals surface area contributed by atoms with Crippen LogP contribution in [0.4, 0.5) is 10.1 Å². The number of carboxylic acid groups (broad SMARTS) is 1. The number of para-hydroxylation sites is 1. The number of halogens is 3. The van der Waals surface area contributed by atoms with Crippen LogP contribution in [0.1, 0.15) is 44.8 Å². The molecule has 8 rings (SSSR count). The number of carboxylic acids is 1. The molecule has 3 aromatic carbocycles. The van der Waals surface area contributed by atoms with Crippen LogP contribution in [-0.4, -0.2) is 82.2 Å². The number of hydrogen-bond acceptors (Lipinski definition) is 7. The highest BCUT2D eigenvalue weighted by Gasteiger charge is 2.40. The summed E-state index contributed by atoms with van der Waals surface area (Å²) in [5, 5.41) is 14.9. The molecule has 1 aromatic heterocycles. The van der Waals surface area contributed by atoms with Crippen molar-refractivity contribution in [1.82, 2.24) is 19.6 Å². The fraction of sp³-hybridized carbons (Fsp3) is 0.343. The van der Waals surface area contributed by atoms with Crippen LogP contribution in [0, 0.1) is 5.82 Å². The van der Waals surface area contributed by atoms with Crippen LogP contribution >= 0.6 is 23.2 Å². The number of aromatic nitrogens is 2. The van der Waals surface area contributed by atoms with Crippen LogP contribution in [0.25, 0.3) is 22.3 Å². The van der Waals surface area contributed by atoms with E-state index in [1.807, 2.05) is 10.7 Å². The quantitative estimate of drug-likeness (QED) is 0.266. The molecular weight excluding hydrogens is 660 g/mol. The van der Waals surface area contributed by atoms with Gasteiger partial charge in [0.05, 0.1) is 77.1 Å². The van der Waals surface area contributed by atoms with Gasteiger partial charge >= 0.3 is 5.97 Å². The Morgan fingerprint density at radius 2 is 1.73 bits per heavy atom. The fourth-order valence-electron chi connectivity index (χ4n) is 7.49. The van der Waals surface area contributed by atoms with Gasteiger partial charge in [-0.05, 0) is 49.7 Å². The smallest absolute Gasteiger partial charge is 0.337 e. The Bertz CT molecular complexity index is 1950. The molecule has 4 aliphatic rings. The molecule has 1 N–H and O–H groups in total. The summed E-state index contributed by atoms with van der Waals surface area (Å²) in [6, 6.07) is 11.6. The molecule has 2 unspecified atom stereocenters. The second-order valence-electron chi connectivity index (χ2n) is 12.8. The van der Waals surface area contributed by atoms with E-state index in [1.165, 1.54) is 4.90 Å². The first-order valence-corrected chi connectivity index (χ1v) is 16.6. The van der Waals surface area contributed by atoms with Crippen LogP contribution in [0.15, 0.2) is 48.7 Å². The summed E-state index contributed by atoms with van der Waals surface area (Å²) in [6.07, 6.45) is 3.56. The van der Waals surface area contributed by atoms with E-state index in [-0.39, 0.29) is 52.1 Å². The summed E-state index contributed by atoms with van der Waals surface area (Å²) >= 11 is 13.5. The molecule has 4 aromatic rings. The van der Waals surface area contributed by atoms with Crippen molar-refractivity contribution < 1.29 is 28.6 Å². The molecule has 2 fully saturated rings. The van der Waals surface area contributed by atoms with Crippen molar-refractivity contribution in [3.05, 3.63) is 86.9 Å². The maximum Gasteiger partial charge on any atom is 0.337 e. The van der Waals surface area contributed by atoms with Gasteiger partial charge in [-0.3, -0.25) is 14.4 Å². The lowest BCUT2D eigenvalue weighted by Crippen LogP contribution is -2.46. The zero-order chi connectivity index (χ0) is 33.3. The number of hydrogen-bond donors (Lipinski definition) is 1. The lowest BCUT2D eigenvalue weighted by Gasteiger charge is -2.37. The first-order chi connectivity index (χ1) is 23.2. The average molecular weight is 693 g/mol. The first-order valence-electron chi connectivity index (χ1n) is 15.9. The number of nitrogens with zero attached hydrogens (tertiary/aromatic N) is 5. The third-order valence-corrected chi connectivity index (χ3v) is 10.5. The Labute approximate surface area is 286 Å². The minimum absolute atomic E-state index is 0.0284. The second kappa shape index (κ2) is 12.1. The Balaban J connectivity index is 1.09. The number of aromatic carboxylic acids is 1. The van der Waals surface area contributed by atoms with Gasteiger partial charge in [0.15, 0.2) is 6.73 Å². The minimum atomic E-state index is -1.19. The Morgan fingerprint density at radius 3 is 2.46 bits per heavy atom. The van der Waals surface area contributed by atoms with Crippen molar-refractivity contribution in [2.75, 3.05) is 38.4 Å². The third kappa shape index (κ3) is 5.20. The van der Waals surface area contributed by atoms with Crippen molar-refractivity contribution >= 4 is 40.8 Å². The van der Waals surface area contributed by atoms with Gasteiger partial charge in [-0.15, -0.1) is 0 Å². The van der Waals surface area contributed by atoms with Crippen molar-refractivity contribution in [2.45, 2.75) is 44.6 Å². The van der Waals surface area contributed by atoms with Crippen LogP contribution in [0.2, 0.25) is 10.0 Å². The molecule has 13 heteroatoms.